The Kier molecular flexibility index (Phi) is 7.31. The Hall–Kier alpha value is -3.60. The monoisotopic (exact) mass is 463 g/mol. The molecule has 0 heterocycles. The zero-order valence-corrected chi connectivity index (χ0v) is 18.8. The average molecular weight is 464 g/mol. The number of carbonyl (C=O) groups is 1. The lowest BCUT2D eigenvalue weighted by molar-refractivity contribution is -0.387. The van der Waals surface area contributed by atoms with Crippen LogP contribution in [-0.4, -0.2) is 10.8 Å². The predicted octanol–water partition coefficient (Wildman–Crippen LogP) is 6.56. The van der Waals surface area contributed by atoms with Gasteiger partial charge in [0.05, 0.1) is 9.82 Å². The number of hydrogen-bond acceptors (Lipinski definition) is 5. The smallest absolute Gasteiger partial charge is 0.283 e. The van der Waals surface area contributed by atoms with E-state index in [1.807, 2.05) is 32.0 Å². The highest BCUT2D eigenvalue weighted by Gasteiger charge is 2.17. The van der Waals surface area contributed by atoms with Crippen LogP contribution in [0.3, 0.4) is 0 Å². The summed E-state index contributed by atoms with van der Waals surface area (Å²) in [5.74, 6) is -0.580. The number of aryl methyl sites for hydroxylation is 1. The lowest BCUT2D eigenvalue weighted by Crippen LogP contribution is -2.14. The van der Waals surface area contributed by atoms with Crippen molar-refractivity contribution < 1.29 is 9.72 Å². The van der Waals surface area contributed by atoms with Gasteiger partial charge < -0.3 is 5.32 Å². The van der Waals surface area contributed by atoms with Gasteiger partial charge >= 0.3 is 0 Å². The summed E-state index contributed by atoms with van der Waals surface area (Å²) in [6, 6.07) is 18.9. The van der Waals surface area contributed by atoms with Crippen molar-refractivity contribution in [2.45, 2.75) is 23.6 Å². The Morgan fingerprint density at radius 2 is 1.88 bits per heavy atom. The second-order valence-electron chi connectivity index (χ2n) is 6.91. The standard InChI is InChI=1S/C24H18ClN3O3S/c1-15-4-3-5-21(16(15)2)27-24(29)18(14-26)12-17-6-11-23(22(13-17)28(30)31)32-20-9-7-19(25)8-10-20/h3-13H,1-2H3,(H,27,29). The third kappa shape index (κ3) is 5.55. The third-order valence-corrected chi connectivity index (χ3v) is 6.08. The van der Waals surface area contributed by atoms with Crippen LogP contribution in [0.1, 0.15) is 16.7 Å². The molecule has 0 radical (unpaired) electrons. The van der Waals surface area contributed by atoms with Crippen LogP contribution < -0.4 is 5.32 Å². The summed E-state index contributed by atoms with van der Waals surface area (Å²) in [6.45, 7) is 3.80. The molecule has 160 valence electrons. The molecule has 6 nitrogen and oxygen atoms in total. The number of hydrogen-bond donors (Lipinski definition) is 1. The highest BCUT2D eigenvalue weighted by molar-refractivity contribution is 7.99. The van der Waals surface area contributed by atoms with Crippen molar-refractivity contribution in [3.8, 4) is 6.07 Å². The molecule has 0 fully saturated rings. The van der Waals surface area contributed by atoms with Gasteiger partial charge in [0.1, 0.15) is 11.6 Å². The zero-order chi connectivity index (χ0) is 23.3. The summed E-state index contributed by atoms with van der Waals surface area (Å²) >= 11 is 7.12. The molecule has 0 aliphatic heterocycles. The zero-order valence-electron chi connectivity index (χ0n) is 17.3. The van der Waals surface area contributed by atoms with Gasteiger partial charge in [-0.05, 0) is 73.0 Å². The quantitative estimate of drug-likeness (QED) is 0.193. The molecule has 1 N–H and O–H groups in total. The topological polar surface area (TPSA) is 96.0 Å². The molecule has 32 heavy (non-hydrogen) atoms. The number of carbonyl (C=O) groups excluding carboxylic acids is 1. The van der Waals surface area contributed by atoms with Crippen molar-refractivity contribution in [1.82, 2.24) is 0 Å². The second-order valence-corrected chi connectivity index (χ2v) is 8.46. The summed E-state index contributed by atoms with van der Waals surface area (Å²) in [7, 11) is 0. The van der Waals surface area contributed by atoms with Crippen LogP contribution >= 0.6 is 23.4 Å². The van der Waals surface area contributed by atoms with Gasteiger partial charge in [-0.1, -0.05) is 41.6 Å². The molecule has 0 aromatic heterocycles. The predicted molar refractivity (Wildman–Crippen MR) is 127 cm³/mol. The molecule has 0 atom stereocenters. The largest absolute Gasteiger partial charge is 0.321 e. The Morgan fingerprint density at radius 1 is 1.16 bits per heavy atom. The normalized spacial score (nSPS) is 11.0. The maximum absolute atomic E-state index is 12.6. The van der Waals surface area contributed by atoms with Crippen molar-refractivity contribution in [3.63, 3.8) is 0 Å². The first-order valence-electron chi connectivity index (χ1n) is 9.49. The van der Waals surface area contributed by atoms with Gasteiger partial charge in [-0.15, -0.1) is 0 Å². The summed E-state index contributed by atoms with van der Waals surface area (Å²) in [5, 5.41) is 24.4. The minimum atomic E-state index is -0.580. The molecule has 8 heteroatoms. The van der Waals surface area contributed by atoms with Crippen LogP contribution in [0, 0.1) is 35.3 Å². The van der Waals surface area contributed by atoms with Crippen LogP contribution in [0.25, 0.3) is 6.08 Å². The Bertz CT molecular complexity index is 1260. The second kappa shape index (κ2) is 10.1. The van der Waals surface area contributed by atoms with Gasteiger partial charge in [-0.2, -0.15) is 5.26 Å². The molecule has 3 rings (SSSR count). The minimum absolute atomic E-state index is 0.120. The molecule has 0 saturated carbocycles. The molecular formula is C24H18ClN3O3S. The van der Waals surface area contributed by atoms with Crippen LogP contribution in [0.15, 0.2) is 76.0 Å². The summed E-state index contributed by atoms with van der Waals surface area (Å²) in [4.78, 5) is 25.0. The first-order valence-corrected chi connectivity index (χ1v) is 10.7. The van der Waals surface area contributed by atoms with Gasteiger partial charge in [0, 0.05) is 21.7 Å². The van der Waals surface area contributed by atoms with Gasteiger partial charge in [0.25, 0.3) is 11.6 Å². The lowest BCUT2D eigenvalue weighted by atomic mass is 10.1. The van der Waals surface area contributed by atoms with Crippen LogP contribution in [0.2, 0.25) is 5.02 Å². The number of nitro benzene ring substituents is 1. The first kappa shape index (κ1) is 23.1. The van der Waals surface area contributed by atoms with Crippen molar-refractivity contribution in [2.24, 2.45) is 0 Å². The fourth-order valence-corrected chi connectivity index (χ4v) is 3.90. The van der Waals surface area contributed by atoms with Gasteiger partial charge in [-0.3, -0.25) is 14.9 Å². The van der Waals surface area contributed by atoms with E-state index in [1.165, 1.54) is 23.9 Å². The SMILES string of the molecule is Cc1cccc(NC(=O)C(C#N)=Cc2ccc(Sc3ccc(Cl)cc3)c([N+](=O)[O-])c2)c1C. The number of anilines is 1. The molecule has 0 saturated heterocycles. The highest BCUT2D eigenvalue weighted by atomic mass is 35.5. The van der Waals surface area contributed by atoms with Crippen molar-refractivity contribution in [1.29, 1.82) is 5.26 Å². The Morgan fingerprint density at radius 3 is 2.53 bits per heavy atom. The molecule has 1 amide bonds. The van der Waals surface area contributed by atoms with Crippen molar-refractivity contribution >= 4 is 46.7 Å². The maximum Gasteiger partial charge on any atom is 0.283 e. The van der Waals surface area contributed by atoms with Crippen LogP contribution in [0.4, 0.5) is 11.4 Å². The summed E-state index contributed by atoms with van der Waals surface area (Å²) in [6.07, 6.45) is 1.34. The van der Waals surface area contributed by atoms with E-state index >= 15 is 0 Å². The molecule has 0 aliphatic carbocycles. The molecule has 0 bridgehead atoms. The fourth-order valence-electron chi connectivity index (χ4n) is 2.87. The highest BCUT2D eigenvalue weighted by Crippen LogP contribution is 2.36. The van der Waals surface area contributed by atoms with E-state index in [2.05, 4.69) is 5.32 Å². The van der Waals surface area contributed by atoms with Gasteiger partial charge in [0.15, 0.2) is 0 Å². The molecule has 0 unspecified atom stereocenters. The van der Waals surface area contributed by atoms with E-state index in [0.717, 1.165) is 16.0 Å². The number of benzene rings is 3. The number of rotatable bonds is 6. The summed E-state index contributed by atoms with van der Waals surface area (Å²) in [5.41, 5.74) is 2.62. The van der Waals surface area contributed by atoms with E-state index in [1.54, 1.807) is 42.5 Å². The number of nitriles is 1. The molecule has 0 aliphatic rings. The minimum Gasteiger partial charge on any atom is -0.321 e. The van der Waals surface area contributed by atoms with E-state index in [-0.39, 0.29) is 11.3 Å². The molecular weight excluding hydrogens is 446 g/mol. The molecule has 3 aromatic carbocycles. The van der Waals surface area contributed by atoms with Crippen molar-refractivity contribution in [2.75, 3.05) is 5.32 Å². The van der Waals surface area contributed by atoms with E-state index in [9.17, 15) is 20.2 Å². The third-order valence-electron chi connectivity index (χ3n) is 4.75. The van der Waals surface area contributed by atoms with Crippen LogP contribution in [-0.2, 0) is 4.79 Å². The number of nitrogens with zero attached hydrogens (tertiary/aromatic N) is 2. The Labute approximate surface area is 194 Å². The maximum atomic E-state index is 12.6. The number of halogens is 1. The fraction of sp³-hybridized carbons (Fsp3) is 0.0833. The lowest BCUT2D eigenvalue weighted by Gasteiger charge is -2.10. The Balaban J connectivity index is 1.88. The van der Waals surface area contributed by atoms with Crippen molar-refractivity contribution in [3.05, 3.63) is 98.1 Å². The first-order chi connectivity index (χ1) is 15.3. The van der Waals surface area contributed by atoms with Gasteiger partial charge in [-0.25, -0.2) is 0 Å². The van der Waals surface area contributed by atoms with E-state index in [0.29, 0.717) is 21.2 Å². The number of nitrogens with one attached hydrogen (secondary N) is 1. The number of nitro groups is 1. The average Bonchev–Trinajstić information content (AvgIpc) is 2.77. The van der Waals surface area contributed by atoms with E-state index < -0.39 is 10.8 Å². The van der Waals surface area contributed by atoms with Crippen LogP contribution in [0.5, 0.6) is 0 Å². The van der Waals surface area contributed by atoms with E-state index in [4.69, 9.17) is 11.6 Å². The van der Waals surface area contributed by atoms with Gasteiger partial charge in [0.2, 0.25) is 0 Å². The molecule has 3 aromatic rings. The summed E-state index contributed by atoms with van der Waals surface area (Å²) < 4.78 is 0. The number of amides is 1. The molecule has 0 spiro atoms.